The molecule has 0 spiro atoms. The molecule has 1 aliphatic rings. The molecule has 5 heteroatoms. The van der Waals surface area contributed by atoms with E-state index in [1.165, 1.54) is 12.1 Å². The number of benzene rings is 1. The average molecular weight is 348 g/mol. The predicted molar refractivity (Wildman–Crippen MR) is 92.2 cm³/mol. The molecule has 1 aliphatic heterocycles. The van der Waals surface area contributed by atoms with Crippen LogP contribution in [-0.4, -0.2) is 18.2 Å². The summed E-state index contributed by atoms with van der Waals surface area (Å²) in [6.45, 7) is 3.34. The summed E-state index contributed by atoms with van der Waals surface area (Å²) in [7, 11) is 0. The van der Waals surface area contributed by atoms with E-state index in [4.69, 9.17) is 21.1 Å². The van der Waals surface area contributed by atoms with Crippen molar-refractivity contribution in [2.75, 3.05) is 13.2 Å². The van der Waals surface area contributed by atoms with Crippen molar-refractivity contribution in [1.82, 2.24) is 4.98 Å². The Morgan fingerprint density at radius 3 is 2.67 bits per heavy atom. The fourth-order valence-electron chi connectivity index (χ4n) is 2.57. The summed E-state index contributed by atoms with van der Waals surface area (Å²) in [4.78, 5) is 4.38. The first-order chi connectivity index (χ1) is 11.7. The zero-order valence-corrected chi connectivity index (χ0v) is 14.2. The minimum atomic E-state index is -0.453. The van der Waals surface area contributed by atoms with Gasteiger partial charge in [0.15, 0.2) is 6.29 Å². The van der Waals surface area contributed by atoms with Crippen molar-refractivity contribution in [1.29, 1.82) is 0 Å². The fourth-order valence-corrected chi connectivity index (χ4v) is 2.69. The number of allylic oxidation sites excluding steroid dienone is 2. The predicted octanol–water partition coefficient (Wildman–Crippen LogP) is 5.17. The van der Waals surface area contributed by atoms with Crippen LogP contribution in [0.2, 0.25) is 5.02 Å². The van der Waals surface area contributed by atoms with Crippen molar-refractivity contribution in [3.8, 4) is 11.3 Å². The largest absolute Gasteiger partial charge is 0.348 e. The van der Waals surface area contributed by atoms with E-state index < -0.39 is 12.1 Å². The van der Waals surface area contributed by atoms with E-state index in [0.29, 0.717) is 30.4 Å². The topological polar surface area (TPSA) is 31.4 Å². The van der Waals surface area contributed by atoms with Gasteiger partial charge in [-0.2, -0.15) is 0 Å². The van der Waals surface area contributed by atoms with E-state index in [9.17, 15) is 4.39 Å². The van der Waals surface area contributed by atoms with Crippen molar-refractivity contribution in [2.24, 2.45) is 5.92 Å². The molecule has 2 aromatic rings. The highest BCUT2D eigenvalue weighted by Crippen LogP contribution is 2.28. The van der Waals surface area contributed by atoms with Crippen LogP contribution < -0.4 is 0 Å². The third kappa shape index (κ3) is 4.01. The van der Waals surface area contributed by atoms with Crippen LogP contribution in [0, 0.1) is 11.7 Å². The van der Waals surface area contributed by atoms with Gasteiger partial charge in [-0.15, -0.1) is 0 Å². The lowest BCUT2D eigenvalue weighted by Gasteiger charge is -2.29. The number of pyridine rings is 1. The summed E-state index contributed by atoms with van der Waals surface area (Å²) in [6.07, 6.45) is 6.44. The van der Waals surface area contributed by atoms with Crippen LogP contribution in [0.15, 0.2) is 48.7 Å². The first-order valence-corrected chi connectivity index (χ1v) is 8.31. The van der Waals surface area contributed by atoms with Crippen molar-refractivity contribution >= 4 is 11.6 Å². The molecule has 24 heavy (non-hydrogen) atoms. The summed E-state index contributed by atoms with van der Waals surface area (Å²) in [5.74, 6) is -0.0621. The molecule has 0 unspecified atom stereocenters. The quantitative estimate of drug-likeness (QED) is 0.715. The van der Waals surface area contributed by atoms with Crippen LogP contribution in [0.4, 0.5) is 4.39 Å². The van der Waals surface area contributed by atoms with Gasteiger partial charge >= 0.3 is 0 Å². The molecule has 0 bridgehead atoms. The van der Waals surface area contributed by atoms with E-state index in [2.05, 4.69) is 11.1 Å². The molecule has 3 rings (SSSR count). The number of hydrogen-bond donors (Lipinski definition) is 0. The van der Waals surface area contributed by atoms with Gasteiger partial charge < -0.3 is 9.47 Å². The van der Waals surface area contributed by atoms with E-state index in [-0.39, 0.29) is 5.02 Å². The summed E-state index contributed by atoms with van der Waals surface area (Å²) in [5, 5.41) is 0.104. The Balaban J connectivity index is 1.66. The number of halogens is 2. The molecule has 0 amide bonds. The van der Waals surface area contributed by atoms with Gasteiger partial charge in [0, 0.05) is 23.2 Å². The Bertz CT molecular complexity index is 710. The van der Waals surface area contributed by atoms with Crippen LogP contribution in [0.5, 0.6) is 0 Å². The molecule has 1 fully saturated rings. The highest BCUT2D eigenvalue weighted by atomic mass is 35.5. The number of aromatic nitrogens is 1. The Hall–Kier alpha value is -1.75. The van der Waals surface area contributed by atoms with E-state index >= 15 is 0 Å². The van der Waals surface area contributed by atoms with Gasteiger partial charge in [0.2, 0.25) is 0 Å². The third-order valence-electron chi connectivity index (χ3n) is 3.95. The maximum atomic E-state index is 13.6. The second kappa shape index (κ2) is 7.88. The molecule has 0 saturated carbocycles. The molecule has 1 aromatic carbocycles. The van der Waals surface area contributed by atoms with Crippen molar-refractivity contribution in [3.05, 3.63) is 65.1 Å². The average Bonchev–Trinajstić information content (AvgIpc) is 2.63. The van der Waals surface area contributed by atoms with Crippen LogP contribution in [-0.2, 0) is 9.47 Å². The lowest BCUT2D eigenvalue weighted by Crippen LogP contribution is -2.26. The SMILES string of the molecule is CC=CCC1COC(c2ccc(-c3ccc(Cl)c(F)c3)nc2)OC1. The smallest absolute Gasteiger partial charge is 0.185 e. The van der Waals surface area contributed by atoms with Crippen LogP contribution in [0.1, 0.15) is 25.2 Å². The highest BCUT2D eigenvalue weighted by molar-refractivity contribution is 6.30. The molecule has 1 aromatic heterocycles. The first kappa shape index (κ1) is 17.1. The molecule has 0 radical (unpaired) electrons. The Labute approximate surface area is 146 Å². The number of nitrogens with zero attached hydrogens (tertiary/aromatic N) is 1. The Morgan fingerprint density at radius 1 is 1.25 bits per heavy atom. The summed E-state index contributed by atoms with van der Waals surface area (Å²) in [6, 6.07) is 8.37. The lowest BCUT2D eigenvalue weighted by atomic mass is 10.1. The first-order valence-electron chi connectivity index (χ1n) is 7.93. The van der Waals surface area contributed by atoms with Gasteiger partial charge in [0.05, 0.1) is 23.9 Å². The Morgan fingerprint density at radius 2 is 2.04 bits per heavy atom. The van der Waals surface area contributed by atoms with Crippen LogP contribution >= 0.6 is 11.6 Å². The van der Waals surface area contributed by atoms with Crippen molar-refractivity contribution in [2.45, 2.75) is 19.6 Å². The summed E-state index contributed by atoms with van der Waals surface area (Å²) >= 11 is 5.71. The van der Waals surface area contributed by atoms with Gasteiger partial charge in [-0.25, -0.2) is 4.39 Å². The maximum absolute atomic E-state index is 13.6. The van der Waals surface area contributed by atoms with Gasteiger partial charge in [-0.05, 0) is 31.5 Å². The molecule has 0 atom stereocenters. The molecular formula is C19H19ClFNO2. The Kier molecular flexibility index (Phi) is 5.61. The van der Waals surface area contributed by atoms with E-state index in [1.807, 2.05) is 25.1 Å². The molecular weight excluding hydrogens is 329 g/mol. The van der Waals surface area contributed by atoms with E-state index in [1.54, 1.807) is 12.3 Å². The van der Waals surface area contributed by atoms with Crippen molar-refractivity contribution in [3.63, 3.8) is 0 Å². The fraction of sp³-hybridized carbons (Fsp3) is 0.316. The molecule has 1 saturated heterocycles. The van der Waals surface area contributed by atoms with Gasteiger partial charge in [-0.3, -0.25) is 4.98 Å². The molecule has 0 N–H and O–H groups in total. The lowest BCUT2D eigenvalue weighted by molar-refractivity contribution is -0.204. The minimum Gasteiger partial charge on any atom is -0.348 e. The zero-order valence-electron chi connectivity index (χ0n) is 13.4. The van der Waals surface area contributed by atoms with Crippen molar-refractivity contribution < 1.29 is 13.9 Å². The second-order valence-corrected chi connectivity index (χ2v) is 6.18. The number of rotatable bonds is 4. The summed E-state index contributed by atoms with van der Waals surface area (Å²) in [5.41, 5.74) is 2.22. The number of hydrogen-bond acceptors (Lipinski definition) is 3. The van der Waals surface area contributed by atoms with Crippen LogP contribution in [0.25, 0.3) is 11.3 Å². The normalized spacial score (nSPS) is 21.3. The third-order valence-corrected chi connectivity index (χ3v) is 4.25. The zero-order chi connectivity index (χ0) is 16.9. The van der Waals surface area contributed by atoms with E-state index in [0.717, 1.165) is 12.0 Å². The minimum absolute atomic E-state index is 0.104. The van der Waals surface area contributed by atoms with Gasteiger partial charge in [0.1, 0.15) is 5.82 Å². The monoisotopic (exact) mass is 347 g/mol. The molecule has 2 heterocycles. The standard InChI is InChI=1S/C19H19ClFNO2/c1-2-3-4-13-11-23-19(24-12-13)15-6-8-18(22-10-15)14-5-7-16(20)17(21)9-14/h2-3,5-10,13,19H,4,11-12H2,1H3. The molecule has 126 valence electrons. The number of ether oxygens (including phenoxy) is 2. The molecule has 0 aliphatic carbocycles. The second-order valence-electron chi connectivity index (χ2n) is 5.78. The summed E-state index contributed by atoms with van der Waals surface area (Å²) < 4.78 is 25.1. The maximum Gasteiger partial charge on any atom is 0.185 e. The molecule has 3 nitrogen and oxygen atoms in total. The van der Waals surface area contributed by atoms with Gasteiger partial charge in [0.25, 0.3) is 0 Å². The highest BCUT2D eigenvalue weighted by Gasteiger charge is 2.23. The van der Waals surface area contributed by atoms with Crippen LogP contribution in [0.3, 0.4) is 0 Å². The van der Waals surface area contributed by atoms with Gasteiger partial charge in [-0.1, -0.05) is 35.9 Å².